The number of hydrogen-bond donors (Lipinski definition) is 3. The van der Waals surface area contributed by atoms with E-state index in [4.69, 9.17) is 0 Å². The zero-order chi connectivity index (χ0) is 13.9. The second-order valence-electron chi connectivity index (χ2n) is 4.46. The average molecular weight is 276 g/mol. The SMILES string of the molecule is O=C(Cn1cc(NC(=O)c2nn[nH]n2)cn1)NC1CC1. The molecular weight excluding hydrogens is 264 g/mol. The van der Waals surface area contributed by atoms with Crippen LogP contribution in [0.5, 0.6) is 0 Å². The van der Waals surface area contributed by atoms with Gasteiger partial charge in [0.15, 0.2) is 0 Å². The number of nitrogens with zero attached hydrogens (tertiary/aromatic N) is 5. The lowest BCUT2D eigenvalue weighted by molar-refractivity contribution is -0.122. The van der Waals surface area contributed by atoms with Crippen LogP contribution in [0.15, 0.2) is 12.4 Å². The van der Waals surface area contributed by atoms with E-state index >= 15 is 0 Å². The lowest BCUT2D eigenvalue weighted by Gasteiger charge is -2.02. The molecule has 0 saturated heterocycles. The molecular formula is C10H12N8O2. The van der Waals surface area contributed by atoms with Gasteiger partial charge >= 0.3 is 0 Å². The van der Waals surface area contributed by atoms with Gasteiger partial charge in [-0.15, -0.1) is 10.2 Å². The normalized spacial score (nSPS) is 14.0. The summed E-state index contributed by atoms with van der Waals surface area (Å²) >= 11 is 0. The number of anilines is 1. The molecule has 1 saturated carbocycles. The third-order valence-electron chi connectivity index (χ3n) is 2.69. The van der Waals surface area contributed by atoms with Crippen molar-refractivity contribution in [3.05, 3.63) is 18.2 Å². The highest BCUT2D eigenvalue weighted by molar-refractivity contribution is 6.01. The zero-order valence-corrected chi connectivity index (χ0v) is 10.4. The highest BCUT2D eigenvalue weighted by atomic mass is 16.2. The van der Waals surface area contributed by atoms with Crippen LogP contribution >= 0.6 is 0 Å². The van der Waals surface area contributed by atoms with Crippen LogP contribution in [0.25, 0.3) is 0 Å². The van der Waals surface area contributed by atoms with Crippen molar-refractivity contribution in [1.82, 2.24) is 35.7 Å². The van der Waals surface area contributed by atoms with Gasteiger partial charge in [0.1, 0.15) is 6.54 Å². The maximum Gasteiger partial charge on any atom is 0.297 e. The van der Waals surface area contributed by atoms with Crippen LogP contribution in [-0.4, -0.2) is 48.3 Å². The molecule has 1 aliphatic carbocycles. The molecule has 10 nitrogen and oxygen atoms in total. The van der Waals surface area contributed by atoms with Crippen LogP contribution in [0.3, 0.4) is 0 Å². The van der Waals surface area contributed by atoms with Crippen LogP contribution < -0.4 is 10.6 Å². The number of hydrogen-bond acceptors (Lipinski definition) is 6. The van der Waals surface area contributed by atoms with Gasteiger partial charge in [0.25, 0.3) is 11.7 Å². The van der Waals surface area contributed by atoms with Gasteiger partial charge in [0.05, 0.1) is 11.9 Å². The first-order valence-electron chi connectivity index (χ1n) is 6.07. The molecule has 2 heterocycles. The fourth-order valence-corrected chi connectivity index (χ4v) is 1.61. The number of carbonyl (C=O) groups excluding carboxylic acids is 2. The van der Waals surface area contributed by atoms with Crippen LogP contribution in [0.2, 0.25) is 0 Å². The standard InChI is InChI=1S/C10H12N8O2/c19-8(12-6-1-2-6)5-18-4-7(3-11-18)13-10(20)9-14-16-17-15-9/h3-4,6H,1-2,5H2,(H,12,19)(H,13,20)(H,14,15,16,17). The average Bonchev–Trinajstić information content (AvgIpc) is 2.93. The molecule has 20 heavy (non-hydrogen) atoms. The van der Waals surface area contributed by atoms with E-state index in [0.29, 0.717) is 11.7 Å². The first-order valence-corrected chi connectivity index (χ1v) is 6.07. The molecule has 0 aromatic carbocycles. The molecule has 0 spiro atoms. The number of aromatic nitrogens is 6. The Morgan fingerprint density at radius 1 is 1.45 bits per heavy atom. The quantitative estimate of drug-likeness (QED) is 0.637. The van der Waals surface area contributed by atoms with Crippen LogP contribution in [-0.2, 0) is 11.3 Å². The van der Waals surface area contributed by atoms with Crippen LogP contribution in [0, 0.1) is 0 Å². The third-order valence-corrected chi connectivity index (χ3v) is 2.69. The van der Waals surface area contributed by atoms with Crippen molar-refractivity contribution in [3.8, 4) is 0 Å². The molecule has 0 unspecified atom stereocenters. The Kier molecular flexibility index (Phi) is 3.11. The summed E-state index contributed by atoms with van der Waals surface area (Å²) in [6.07, 6.45) is 5.08. The van der Waals surface area contributed by atoms with Gasteiger partial charge in [-0.1, -0.05) is 0 Å². The predicted molar refractivity (Wildman–Crippen MR) is 65.5 cm³/mol. The summed E-state index contributed by atoms with van der Waals surface area (Å²) in [6.45, 7) is 0.120. The van der Waals surface area contributed by atoms with E-state index in [9.17, 15) is 9.59 Å². The van der Waals surface area contributed by atoms with Crippen molar-refractivity contribution >= 4 is 17.5 Å². The molecule has 0 aliphatic heterocycles. The number of nitrogens with one attached hydrogen (secondary N) is 3. The van der Waals surface area contributed by atoms with E-state index in [0.717, 1.165) is 12.8 Å². The number of H-pyrrole nitrogens is 1. The Hall–Kier alpha value is -2.78. The summed E-state index contributed by atoms with van der Waals surface area (Å²) in [5.74, 6) is -0.656. The highest BCUT2D eigenvalue weighted by Gasteiger charge is 2.23. The van der Waals surface area contributed by atoms with Crippen molar-refractivity contribution < 1.29 is 9.59 Å². The first-order chi connectivity index (χ1) is 9.70. The van der Waals surface area contributed by atoms with E-state index < -0.39 is 5.91 Å². The van der Waals surface area contributed by atoms with E-state index in [1.165, 1.54) is 10.9 Å². The predicted octanol–water partition coefficient (Wildman–Crippen LogP) is -1.07. The molecule has 0 bridgehead atoms. The minimum absolute atomic E-state index is 0.0655. The molecule has 2 aromatic rings. The van der Waals surface area contributed by atoms with Crippen molar-refractivity contribution in [3.63, 3.8) is 0 Å². The lowest BCUT2D eigenvalue weighted by atomic mass is 10.5. The molecule has 1 fully saturated rings. The van der Waals surface area contributed by atoms with E-state index in [-0.39, 0.29) is 18.3 Å². The van der Waals surface area contributed by atoms with Gasteiger partial charge in [-0.2, -0.15) is 10.3 Å². The molecule has 1 aliphatic rings. The number of amides is 2. The summed E-state index contributed by atoms with van der Waals surface area (Å²) in [5, 5.41) is 22.0. The summed E-state index contributed by atoms with van der Waals surface area (Å²) < 4.78 is 1.45. The summed E-state index contributed by atoms with van der Waals surface area (Å²) in [6, 6.07) is 0.315. The molecule has 10 heteroatoms. The van der Waals surface area contributed by atoms with Crippen molar-refractivity contribution in [2.24, 2.45) is 0 Å². The van der Waals surface area contributed by atoms with Gasteiger partial charge in [-0.25, -0.2) is 0 Å². The minimum atomic E-state index is -0.499. The Labute approximate surface area is 112 Å². The smallest absolute Gasteiger partial charge is 0.297 e. The lowest BCUT2D eigenvalue weighted by Crippen LogP contribution is -2.29. The van der Waals surface area contributed by atoms with Gasteiger partial charge in [0.2, 0.25) is 5.91 Å². The summed E-state index contributed by atoms with van der Waals surface area (Å²) in [4.78, 5) is 23.2. The Morgan fingerprint density at radius 3 is 3.00 bits per heavy atom. The van der Waals surface area contributed by atoms with E-state index in [1.54, 1.807) is 6.20 Å². The number of tetrazole rings is 1. The number of rotatable bonds is 5. The molecule has 104 valence electrons. The first kappa shape index (κ1) is 12.3. The van der Waals surface area contributed by atoms with Gasteiger partial charge < -0.3 is 10.6 Å². The van der Waals surface area contributed by atoms with Gasteiger partial charge in [-0.3, -0.25) is 14.3 Å². The molecule has 2 amide bonds. The monoisotopic (exact) mass is 276 g/mol. The maximum atomic E-state index is 11.6. The van der Waals surface area contributed by atoms with Crippen molar-refractivity contribution in [2.75, 3.05) is 5.32 Å². The summed E-state index contributed by atoms with van der Waals surface area (Å²) in [7, 11) is 0. The van der Waals surface area contributed by atoms with E-state index in [2.05, 4.69) is 36.4 Å². The van der Waals surface area contributed by atoms with Gasteiger partial charge in [0, 0.05) is 12.2 Å². The van der Waals surface area contributed by atoms with Gasteiger partial charge in [-0.05, 0) is 18.1 Å². The van der Waals surface area contributed by atoms with E-state index in [1.807, 2.05) is 0 Å². The Morgan fingerprint density at radius 2 is 2.30 bits per heavy atom. The minimum Gasteiger partial charge on any atom is -0.352 e. The Balaban J connectivity index is 1.56. The largest absolute Gasteiger partial charge is 0.352 e. The second kappa shape index (κ2) is 5.07. The van der Waals surface area contributed by atoms with Crippen molar-refractivity contribution in [2.45, 2.75) is 25.4 Å². The van der Waals surface area contributed by atoms with Crippen molar-refractivity contribution in [1.29, 1.82) is 0 Å². The third kappa shape index (κ3) is 2.96. The van der Waals surface area contributed by atoms with Crippen LogP contribution in [0.4, 0.5) is 5.69 Å². The maximum absolute atomic E-state index is 11.6. The Bertz CT molecular complexity index is 615. The molecule has 3 rings (SSSR count). The number of carbonyl (C=O) groups is 2. The van der Waals surface area contributed by atoms with Crippen LogP contribution in [0.1, 0.15) is 23.5 Å². The number of aromatic amines is 1. The molecule has 2 aromatic heterocycles. The topological polar surface area (TPSA) is 130 Å². The fraction of sp³-hybridized carbons (Fsp3) is 0.400. The molecule has 3 N–H and O–H groups in total. The molecule has 0 atom stereocenters. The molecule has 0 radical (unpaired) electrons. The second-order valence-corrected chi connectivity index (χ2v) is 4.46. The summed E-state index contributed by atoms with van der Waals surface area (Å²) in [5.41, 5.74) is 0.457. The zero-order valence-electron chi connectivity index (χ0n) is 10.4. The highest BCUT2D eigenvalue weighted by Crippen LogP contribution is 2.18. The fourth-order valence-electron chi connectivity index (χ4n) is 1.61.